The number of carbonyl (C=O) groups excluding carboxylic acids is 2. The zero-order valence-corrected chi connectivity index (χ0v) is 15.9. The monoisotopic (exact) mass is 389 g/mol. The molecule has 3 rings (SSSR count). The molecule has 0 aliphatic carbocycles. The van der Waals surface area contributed by atoms with Gasteiger partial charge in [0.2, 0.25) is 0 Å². The Kier molecular flexibility index (Phi) is 6.95. The van der Waals surface area contributed by atoms with E-state index >= 15 is 0 Å². The molecule has 0 saturated carbocycles. The smallest absolute Gasteiger partial charge is 0.313 e. The highest BCUT2D eigenvalue weighted by atomic mass is 32.1. The van der Waals surface area contributed by atoms with Gasteiger partial charge in [0.1, 0.15) is 5.82 Å². The molecule has 144 valence electrons. The van der Waals surface area contributed by atoms with E-state index in [9.17, 15) is 14.0 Å². The van der Waals surface area contributed by atoms with Crippen LogP contribution in [0.15, 0.2) is 41.1 Å². The number of carbonyl (C=O) groups is 2. The van der Waals surface area contributed by atoms with Gasteiger partial charge in [-0.3, -0.25) is 14.5 Å². The molecule has 0 unspecified atom stereocenters. The molecule has 1 saturated heterocycles. The zero-order chi connectivity index (χ0) is 19.1. The first-order valence-corrected chi connectivity index (χ1v) is 10.2. The summed E-state index contributed by atoms with van der Waals surface area (Å²) in [6, 6.07) is 7.60. The fraction of sp³-hybridized carbons (Fsp3) is 0.400. The lowest BCUT2D eigenvalue weighted by Crippen LogP contribution is -2.42. The van der Waals surface area contributed by atoms with E-state index in [-0.39, 0.29) is 11.7 Å². The number of amides is 2. The van der Waals surface area contributed by atoms with Crippen LogP contribution >= 0.6 is 11.3 Å². The third kappa shape index (κ3) is 5.61. The number of thiophene rings is 1. The number of anilines is 1. The van der Waals surface area contributed by atoms with Crippen LogP contribution in [-0.2, 0) is 9.59 Å². The van der Waals surface area contributed by atoms with Gasteiger partial charge < -0.3 is 10.6 Å². The summed E-state index contributed by atoms with van der Waals surface area (Å²) in [6.45, 7) is 2.35. The van der Waals surface area contributed by atoms with Crippen molar-refractivity contribution in [3.05, 3.63) is 52.5 Å². The highest BCUT2D eigenvalue weighted by molar-refractivity contribution is 7.08. The second-order valence-corrected chi connectivity index (χ2v) is 7.48. The molecule has 2 N–H and O–H groups in total. The molecule has 27 heavy (non-hydrogen) atoms. The van der Waals surface area contributed by atoms with Gasteiger partial charge in [0.25, 0.3) is 0 Å². The van der Waals surface area contributed by atoms with E-state index in [1.165, 1.54) is 31.0 Å². The van der Waals surface area contributed by atoms with E-state index in [1.807, 2.05) is 5.38 Å². The standard InChI is InChI=1S/C20H24FN3O2S/c21-16-6-5-7-17(12-16)23-20(26)19(25)22-13-18(15-8-11-27-14-15)24-9-3-1-2-4-10-24/h5-8,11-12,14,18H,1-4,9-10,13H2,(H,22,25)(H,23,26)/t18-/m0/s1. The molecular formula is C20H24FN3O2S. The molecule has 5 nitrogen and oxygen atoms in total. The van der Waals surface area contributed by atoms with Crippen LogP contribution in [0.25, 0.3) is 0 Å². The van der Waals surface area contributed by atoms with Gasteiger partial charge in [-0.05, 0) is 66.5 Å². The molecule has 2 amide bonds. The summed E-state index contributed by atoms with van der Waals surface area (Å²) in [6.07, 6.45) is 4.76. The minimum atomic E-state index is -0.791. The third-order valence-corrected chi connectivity index (χ3v) is 5.46. The van der Waals surface area contributed by atoms with Gasteiger partial charge in [0.15, 0.2) is 0 Å². The normalized spacial score (nSPS) is 16.3. The first-order chi connectivity index (χ1) is 13.1. The Labute approximate surface area is 162 Å². The minimum absolute atomic E-state index is 0.0558. The molecule has 2 aromatic rings. The molecule has 1 atom stereocenters. The molecule has 7 heteroatoms. The Morgan fingerprint density at radius 3 is 2.56 bits per heavy atom. The molecule has 1 aliphatic rings. The van der Waals surface area contributed by atoms with Gasteiger partial charge in [0, 0.05) is 12.2 Å². The Bertz CT molecular complexity index is 758. The molecule has 0 bridgehead atoms. The van der Waals surface area contributed by atoms with E-state index in [0.29, 0.717) is 6.54 Å². The van der Waals surface area contributed by atoms with Crippen LogP contribution in [0.3, 0.4) is 0 Å². The van der Waals surface area contributed by atoms with Crippen LogP contribution in [0.2, 0.25) is 0 Å². The largest absolute Gasteiger partial charge is 0.346 e. The predicted molar refractivity (Wildman–Crippen MR) is 105 cm³/mol. The van der Waals surface area contributed by atoms with Crippen LogP contribution in [0, 0.1) is 5.82 Å². The molecular weight excluding hydrogens is 365 g/mol. The maximum Gasteiger partial charge on any atom is 0.313 e. The molecule has 1 aliphatic heterocycles. The fourth-order valence-electron chi connectivity index (χ4n) is 3.35. The minimum Gasteiger partial charge on any atom is -0.346 e. The maximum absolute atomic E-state index is 13.2. The lowest BCUT2D eigenvalue weighted by molar-refractivity contribution is -0.136. The Morgan fingerprint density at radius 1 is 1.11 bits per heavy atom. The molecule has 1 aromatic carbocycles. The highest BCUT2D eigenvalue weighted by Gasteiger charge is 2.24. The average molecular weight is 389 g/mol. The second kappa shape index (κ2) is 9.62. The van der Waals surface area contributed by atoms with Crippen LogP contribution < -0.4 is 10.6 Å². The van der Waals surface area contributed by atoms with E-state index < -0.39 is 17.6 Å². The van der Waals surface area contributed by atoms with Crippen molar-refractivity contribution in [1.29, 1.82) is 0 Å². The van der Waals surface area contributed by atoms with E-state index in [4.69, 9.17) is 0 Å². The van der Waals surface area contributed by atoms with Gasteiger partial charge in [-0.1, -0.05) is 18.9 Å². The number of likely N-dealkylation sites (tertiary alicyclic amines) is 1. The number of benzene rings is 1. The summed E-state index contributed by atoms with van der Waals surface area (Å²) in [5.74, 6) is -1.97. The fourth-order valence-corrected chi connectivity index (χ4v) is 4.06. The van der Waals surface area contributed by atoms with Crippen molar-refractivity contribution >= 4 is 28.8 Å². The van der Waals surface area contributed by atoms with Gasteiger partial charge in [-0.15, -0.1) is 0 Å². The number of rotatable bonds is 5. The number of nitrogens with zero attached hydrogens (tertiary/aromatic N) is 1. The van der Waals surface area contributed by atoms with Crippen LogP contribution in [0.5, 0.6) is 0 Å². The summed E-state index contributed by atoms with van der Waals surface area (Å²) in [5.41, 5.74) is 1.42. The first-order valence-electron chi connectivity index (χ1n) is 9.24. The van der Waals surface area contributed by atoms with Crippen molar-refractivity contribution in [2.75, 3.05) is 25.0 Å². The average Bonchev–Trinajstić information content (AvgIpc) is 3.04. The Hall–Kier alpha value is -2.25. The quantitative estimate of drug-likeness (QED) is 0.769. The molecule has 0 radical (unpaired) electrons. The van der Waals surface area contributed by atoms with Crippen molar-refractivity contribution in [3.63, 3.8) is 0 Å². The maximum atomic E-state index is 13.2. The highest BCUT2D eigenvalue weighted by Crippen LogP contribution is 2.25. The van der Waals surface area contributed by atoms with Gasteiger partial charge in [0.05, 0.1) is 6.04 Å². The summed E-state index contributed by atoms with van der Waals surface area (Å²) in [5, 5.41) is 9.29. The SMILES string of the molecule is O=C(NC[C@@H](c1ccsc1)N1CCCCCC1)C(=O)Nc1cccc(F)c1. The van der Waals surface area contributed by atoms with Crippen molar-refractivity contribution < 1.29 is 14.0 Å². The summed E-state index contributed by atoms with van der Waals surface area (Å²) in [7, 11) is 0. The van der Waals surface area contributed by atoms with E-state index in [1.54, 1.807) is 17.4 Å². The predicted octanol–water partition coefficient (Wildman–Crippen LogP) is 3.56. The topological polar surface area (TPSA) is 61.4 Å². The zero-order valence-electron chi connectivity index (χ0n) is 15.1. The van der Waals surface area contributed by atoms with Crippen molar-refractivity contribution in [3.8, 4) is 0 Å². The lowest BCUT2D eigenvalue weighted by Gasteiger charge is -2.30. The number of halogens is 1. The molecule has 2 heterocycles. The molecule has 1 fully saturated rings. The van der Waals surface area contributed by atoms with Crippen LogP contribution in [-0.4, -0.2) is 36.3 Å². The second-order valence-electron chi connectivity index (χ2n) is 6.70. The van der Waals surface area contributed by atoms with Crippen molar-refractivity contribution in [2.24, 2.45) is 0 Å². The summed E-state index contributed by atoms with van der Waals surface area (Å²) in [4.78, 5) is 26.7. The van der Waals surface area contributed by atoms with E-state index in [0.717, 1.165) is 31.5 Å². The van der Waals surface area contributed by atoms with Crippen molar-refractivity contribution in [1.82, 2.24) is 10.2 Å². The van der Waals surface area contributed by atoms with Crippen molar-refractivity contribution in [2.45, 2.75) is 31.7 Å². The summed E-state index contributed by atoms with van der Waals surface area (Å²) < 4.78 is 13.2. The van der Waals surface area contributed by atoms with Gasteiger partial charge in [-0.25, -0.2) is 4.39 Å². The van der Waals surface area contributed by atoms with Gasteiger partial charge in [-0.2, -0.15) is 11.3 Å². The number of hydrogen-bond acceptors (Lipinski definition) is 4. The lowest BCUT2D eigenvalue weighted by atomic mass is 10.1. The van der Waals surface area contributed by atoms with Crippen LogP contribution in [0.1, 0.15) is 37.3 Å². The Morgan fingerprint density at radius 2 is 1.89 bits per heavy atom. The molecule has 0 spiro atoms. The van der Waals surface area contributed by atoms with Gasteiger partial charge >= 0.3 is 11.8 Å². The molecule has 1 aromatic heterocycles. The Balaban J connectivity index is 1.60. The third-order valence-electron chi connectivity index (χ3n) is 4.75. The first kappa shape index (κ1) is 19.5. The number of nitrogens with one attached hydrogen (secondary N) is 2. The summed E-state index contributed by atoms with van der Waals surface area (Å²) >= 11 is 1.63. The van der Waals surface area contributed by atoms with E-state index in [2.05, 4.69) is 27.0 Å². The number of hydrogen-bond donors (Lipinski definition) is 2. The van der Waals surface area contributed by atoms with Crippen LogP contribution in [0.4, 0.5) is 10.1 Å².